The first-order valence-electron chi connectivity index (χ1n) is 8.30. The van der Waals surface area contributed by atoms with Crippen molar-refractivity contribution in [3.8, 4) is 11.3 Å². The maximum absolute atomic E-state index is 12.3. The van der Waals surface area contributed by atoms with Crippen LogP contribution in [-0.4, -0.2) is 52.3 Å². The zero-order valence-corrected chi connectivity index (χ0v) is 14.4. The Morgan fingerprint density at radius 1 is 1.33 bits per heavy atom. The van der Waals surface area contributed by atoms with E-state index in [1.807, 2.05) is 18.3 Å². The largest absolute Gasteiger partial charge is 0.393 e. The molecule has 1 fully saturated rings. The molecule has 3 atom stereocenters. The van der Waals surface area contributed by atoms with Crippen molar-refractivity contribution in [2.45, 2.75) is 25.5 Å². The normalized spacial score (nSPS) is 27.0. The summed E-state index contributed by atoms with van der Waals surface area (Å²) in [6.45, 7) is 2.39. The number of nitrogens with zero attached hydrogens (tertiary/aromatic N) is 3. The van der Waals surface area contributed by atoms with Crippen molar-refractivity contribution in [1.29, 1.82) is 0 Å². The van der Waals surface area contributed by atoms with E-state index in [-0.39, 0.29) is 17.7 Å². The fourth-order valence-corrected chi connectivity index (χ4v) is 5.14. The summed E-state index contributed by atoms with van der Waals surface area (Å²) in [6.07, 6.45) is 3.54. The number of aromatic nitrogens is 2. The number of imidazole rings is 1. The average Bonchev–Trinajstić information content (AvgIpc) is 3.16. The first-order chi connectivity index (χ1) is 11.5. The van der Waals surface area contributed by atoms with Crippen LogP contribution in [0.5, 0.6) is 0 Å². The molecule has 0 aliphatic carbocycles. The van der Waals surface area contributed by atoms with Crippen LogP contribution >= 0.6 is 0 Å². The molecule has 0 unspecified atom stereocenters. The standard InChI is InChI=1S/C17H21N3O3S/c1-2-24(22,23)19-8-7-16(21)14(10-19)17-13-6-4-3-5-12(13)15-9-18-11-20(15)17/h3-6,9,11,14,16-17,21H,2,7-8,10H2,1H3/t14-,16-,17+/m1/s1. The van der Waals surface area contributed by atoms with Crippen LogP contribution in [0.2, 0.25) is 0 Å². The van der Waals surface area contributed by atoms with Gasteiger partial charge < -0.3 is 9.67 Å². The highest BCUT2D eigenvalue weighted by molar-refractivity contribution is 7.89. The monoisotopic (exact) mass is 347 g/mol. The Balaban J connectivity index is 1.75. The Labute approximate surface area is 141 Å². The number of aliphatic hydroxyl groups is 1. The number of aliphatic hydroxyl groups excluding tert-OH is 1. The van der Waals surface area contributed by atoms with E-state index in [0.29, 0.717) is 19.5 Å². The van der Waals surface area contributed by atoms with Gasteiger partial charge in [0.05, 0.1) is 36.1 Å². The van der Waals surface area contributed by atoms with E-state index in [1.165, 1.54) is 4.31 Å². The van der Waals surface area contributed by atoms with E-state index in [1.54, 1.807) is 13.3 Å². The van der Waals surface area contributed by atoms with Gasteiger partial charge in [0.1, 0.15) is 0 Å². The number of rotatable bonds is 3. The summed E-state index contributed by atoms with van der Waals surface area (Å²) in [5.41, 5.74) is 3.27. The lowest BCUT2D eigenvalue weighted by Gasteiger charge is -2.39. The minimum atomic E-state index is -3.25. The molecule has 2 aliphatic heterocycles. The van der Waals surface area contributed by atoms with Crippen LogP contribution in [0.4, 0.5) is 0 Å². The van der Waals surface area contributed by atoms with Crippen LogP contribution in [0.1, 0.15) is 24.9 Å². The van der Waals surface area contributed by atoms with Crippen molar-refractivity contribution in [2.24, 2.45) is 5.92 Å². The third-order valence-corrected chi connectivity index (χ3v) is 7.12. The van der Waals surface area contributed by atoms with Crippen molar-refractivity contribution in [3.63, 3.8) is 0 Å². The lowest BCUT2D eigenvalue weighted by atomic mass is 9.85. The summed E-state index contributed by atoms with van der Waals surface area (Å²) in [7, 11) is -3.25. The topological polar surface area (TPSA) is 75.4 Å². The van der Waals surface area contributed by atoms with E-state index in [4.69, 9.17) is 0 Å². The lowest BCUT2D eigenvalue weighted by Crippen LogP contribution is -2.49. The Bertz CT molecular complexity index is 861. The van der Waals surface area contributed by atoms with E-state index in [0.717, 1.165) is 16.8 Å². The zero-order valence-electron chi connectivity index (χ0n) is 13.5. The molecule has 0 bridgehead atoms. The third-order valence-electron chi connectivity index (χ3n) is 5.27. The number of fused-ring (bicyclic) bond motifs is 3. The summed E-state index contributed by atoms with van der Waals surface area (Å²) in [4.78, 5) is 4.25. The maximum atomic E-state index is 12.3. The smallest absolute Gasteiger partial charge is 0.213 e. The van der Waals surface area contributed by atoms with Crippen LogP contribution in [0.25, 0.3) is 11.3 Å². The highest BCUT2D eigenvalue weighted by Gasteiger charge is 2.42. The lowest BCUT2D eigenvalue weighted by molar-refractivity contribution is 0.0357. The number of hydrogen-bond acceptors (Lipinski definition) is 4. The van der Waals surface area contributed by atoms with E-state index >= 15 is 0 Å². The quantitative estimate of drug-likeness (QED) is 0.913. The highest BCUT2D eigenvalue weighted by atomic mass is 32.2. The molecule has 2 aromatic rings. The van der Waals surface area contributed by atoms with E-state index in [2.05, 4.69) is 21.7 Å². The highest BCUT2D eigenvalue weighted by Crippen LogP contribution is 2.45. The predicted octanol–water partition coefficient (Wildman–Crippen LogP) is 1.49. The number of benzene rings is 1. The Morgan fingerprint density at radius 3 is 2.92 bits per heavy atom. The SMILES string of the molecule is CCS(=O)(=O)N1CC[C@@H](O)[C@H]([C@@H]2c3ccccc3-c3cncn32)C1. The van der Waals surface area contributed by atoms with Crippen LogP contribution in [-0.2, 0) is 10.0 Å². The molecule has 0 spiro atoms. The van der Waals surface area contributed by atoms with Gasteiger partial charge in [-0.3, -0.25) is 0 Å². The minimum absolute atomic E-state index is 0.0800. The van der Waals surface area contributed by atoms with Gasteiger partial charge in [0, 0.05) is 24.6 Å². The van der Waals surface area contributed by atoms with Crippen molar-refractivity contribution in [1.82, 2.24) is 13.9 Å². The van der Waals surface area contributed by atoms with Crippen LogP contribution in [0.15, 0.2) is 36.8 Å². The van der Waals surface area contributed by atoms with Gasteiger partial charge in [0.2, 0.25) is 10.0 Å². The average molecular weight is 347 g/mol. The summed E-state index contributed by atoms with van der Waals surface area (Å²) in [5.74, 6) is -0.0930. The summed E-state index contributed by atoms with van der Waals surface area (Å²) < 4.78 is 28.2. The van der Waals surface area contributed by atoms with E-state index < -0.39 is 16.1 Å². The Morgan fingerprint density at radius 2 is 2.12 bits per heavy atom. The van der Waals surface area contributed by atoms with Crippen molar-refractivity contribution in [2.75, 3.05) is 18.8 Å². The molecule has 6 nitrogen and oxygen atoms in total. The van der Waals surface area contributed by atoms with Gasteiger partial charge in [-0.25, -0.2) is 17.7 Å². The van der Waals surface area contributed by atoms with Crippen LogP contribution < -0.4 is 0 Å². The molecular formula is C17H21N3O3S. The predicted molar refractivity (Wildman–Crippen MR) is 90.9 cm³/mol. The van der Waals surface area contributed by atoms with Crippen molar-refractivity contribution in [3.05, 3.63) is 42.4 Å². The molecule has 2 aliphatic rings. The summed E-state index contributed by atoms with van der Waals surface area (Å²) >= 11 is 0. The Kier molecular flexibility index (Phi) is 3.74. The van der Waals surface area contributed by atoms with Gasteiger partial charge in [-0.05, 0) is 18.9 Å². The number of sulfonamides is 1. The number of hydrogen-bond donors (Lipinski definition) is 1. The number of piperidine rings is 1. The first kappa shape index (κ1) is 15.8. The third kappa shape index (κ3) is 2.30. The maximum Gasteiger partial charge on any atom is 0.213 e. The van der Waals surface area contributed by atoms with Gasteiger partial charge in [0.25, 0.3) is 0 Å². The fraction of sp³-hybridized carbons (Fsp3) is 0.471. The molecule has 4 rings (SSSR count). The van der Waals surface area contributed by atoms with Gasteiger partial charge in [-0.1, -0.05) is 24.3 Å². The fourth-order valence-electron chi connectivity index (χ4n) is 3.99. The van der Waals surface area contributed by atoms with Crippen molar-refractivity contribution >= 4 is 10.0 Å². The molecule has 1 aromatic heterocycles. The zero-order chi connectivity index (χ0) is 16.9. The second-order valence-electron chi connectivity index (χ2n) is 6.50. The molecule has 0 radical (unpaired) electrons. The Hall–Kier alpha value is -1.70. The second kappa shape index (κ2) is 5.68. The van der Waals surface area contributed by atoms with Crippen LogP contribution in [0, 0.1) is 5.92 Å². The molecule has 0 saturated carbocycles. The second-order valence-corrected chi connectivity index (χ2v) is 8.75. The molecule has 7 heteroatoms. The molecule has 1 N–H and O–H groups in total. The molecule has 0 amide bonds. The van der Waals surface area contributed by atoms with Crippen LogP contribution in [0.3, 0.4) is 0 Å². The molecular weight excluding hydrogens is 326 g/mol. The van der Waals surface area contributed by atoms with Gasteiger partial charge in [-0.2, -0.15) is 0 Å². The van der Waals surface area contributed by atoms with E-state index in [9.17, 15) is 13.5 Å². The van der Waals surface area contributed by atoms with Gasteiger partial charge >= 0.3 is 0 Å². The molecule has 24 heavy (non-hydrogen) atoms. The summed E-state index contributed by atoms with van der Waals surface area (Å²) in [6, 6.07) is 8.01. The molecule has 1 aromatic carbocycles. The molecule has 128 valence electrons. The molecule has 3 heterocycles. The minimum Gasteiger partial charge on any atom is -0.393 e. The summed E-state index contributed by atoms with van der Waals surface area (Å²) in [5, 5.41) is 10.6. The molecule has 1 saturated heterocycles. The van der Waals surface area contributed by atoms with Gasteiger partial charge in [-0.15, -0.1) is 0 Å². The van der Waals surface area contributed by atoms with Crippen molar-refractivity contribution < 1.29 is 13.5 Å². The van der Waals surface area contributed by atoms with Gasteiger partial charge in [0.15, 0.2) is 0 Å². The first-order valence-corrected chi connectivity index (χ1v) is 9.91.